The monoisotopic (exact) mass is 346 g/mol. The molecular weight excluding hydrogens is 328 g/mol. The average Bonchev–Trinajstić information content (AvgIpc) is 2.95. The lowest BCUT2D eigenvalue weighted by molar-refractivity contribution is 0.0957. The van der Waals surface area contributed by atoms with Gasteiger partial charge in [0.05, 0.1) is 12.1 Å². The zero-order chi connectivity index (χ0) is 17.7. The Kier molecular flexibility index (Phi) is 5.44. The molecule has 0 radical (unpaired) electrons. The molecule has 1 N–H and O–H groups in total. The van der Waals surface area contributed by atoms with E-state index in [-0.39, 0.29) is 23.0 Å². The van der Waals surface area contributed by atoms with E-state index in [1.807, 2.05) is 30.3 Å². The molecule has 0 atom stereocenters. The lowest BCUT2D eigenvalue weighted by Gasteiger charge is -2.07. The van der Waals surface area contributed by atoms with Crippen molar-refractivity contribution >= 4 is 15.9 Å². The second kappa shape index (κ2) is 7.34. The summed E-state index contributed by atoms with van der Waals surface area (Å²) in [6, 6.07) is 10.6. The van der Waals surface area contributed by atoms with E-state index in [1.54, 1.807) is 6.92 Å². The summed E-state index contributed by atoms with van der Waals surface area (Å²) in [5.41, 5.74) is 1.03. The number of sulfonamides is 1. The van der Waals surface area contributed by atoms with Gasteiger partial charge in [-0.05, 0) is 19.1 Å². The molecule has 6 nitrogen and oxygen atoms in total. The van der Waals surface area contributed by atoms with Gasteiger partial charge in [-0.25, -0.2) is 12.7 Å². The number of aryl methyl sites for hydroxylation is 1. The average molecular weight is 346 g/mol. The van der Waals surface area contributed by atoms with Gasteiger partial charge in [-0.1, -0.05) is 30.0 Å². The van der Waals surface area contributed by atoms with Crippen molar-refractivity contribution in [3.8, 4) is 11.8 Å². The maximum absolute atomic E-state index is 12.1. The molecule has 2 aromatic rings. The standard InChI is InChI=1S/C17H18N2O4S/c1-13-15(12-16(23-13)24(21,22)19(2)3)17(20)18-11-7-10-14-8-5-4-6-9-14/h4-6,8-9,12H,11H2,1-3H3,(H,18,20). The van der Waals surface area contributed by atoms with Crippen LogP contribution < -0.4 is 5.32 Å². The van der Waals surface area contributed by atoms with Gasteiger partial charge in [0.25, 0.3) is 15.9 Å². The summed E-state index contributed by atoms with van der Waals surface area (Å²) in [5.74, 6) is 5.57. The van der Waals surface area contributed by atoms with E-state index in [9.17, 15) is 13.2 Å². The van der Waals surface area contributed by atoms with Crippen LogP contribution in [0.1, 0.15) is 21.7 Å². The molecule has 2 rings (SSSR count). The highest BCUT2D eigenvalue weighted by Crippen LogP contribution is 2.21. The zero-order valence-electron chi connectivity index (χ0n) is 13.7. The summed E-state index contributed by atoms with van der Waals surface area (Å²) in [6.07, 6.45) is 0. The highest BCUT2D eigenvalue weighted by atomic mass is 32.2. The van der Waals surface area contributed by atoms with E-state index in [1.165, 1.54) is 20.2 Å². The molecule has 0 saturated heterocycles. The first kappa shape index (κ1) is 17.8. The van der Waals surface area contributed by atoms with Crippen molar-refractivity contribution in [3.63, 3.8) is 0 Å². The van der Waals surface area contributed by atoms with Gasteiger partial charge in [0.2, 0.25) is 5.09 Å². The predicted molar refractivity (Wildman–Crippen MR) is 90.0 cm³/mol. The van der Waals surface area contributed by atoms with Crippen LogP contribution in [0.15, 0.2) is 45.9 Å². The normalized spacial score (nSPS) is 11.0. The molecule has 0 aliphatic carbocycles. The number of carbonyl (C=O) groups is 1. The smallest absolute Gasteiger partial charge is 0.275 e. The molecule has 0 unspecified atom stereocenters. The number of carbonyl (C=O) groups excluding carboxylic acids is 1. The van der Waals surface area contributed by atoms with Gasteiger partial charge in [0.15, 0.2) is 0 Å². The second-order valence-electron chi connectivity index (χ2n) is 5.17. The highest BCUT2D eigenvalue weighted by Gasteiger charge is 2.25. The number of nitrogens with zero attached hydrogens (tertiary/aromatic N) is 1. The molecular formula is C17H18N2O4S. The SMILES string of the molecule is Cc1oc(S(=O)(=O)N(C)C)cc1C(=O)NCC#Cc1ccccc1. The fourth-order valence-electron chi connectivity index (χ4n) is 1.87. The van der Waals surface area contributed by atoms with Gasteiger partial charge in [0, 0.05) is 25.7 Å². The second-order valence-corrected chi connectivity index (χ2v) is 7.26. The first-order chi connectivity index (χ1) is 11.3. The lowest BCUT2D eigenvalue weighted by Crippen LogP contribution is -2.24. The van der Waals surface area contributed by atoms with Crippen LogP contribution in [-0.2, 0) is 10.0 Å². The molecule has 7 heteroatoms. The summed E-state index contributed by atoms with van der Waals surface area (Å²) >= 11 is 0. The zero-order valence-corrected chi connectivity index (χ0v) is 14.5. The molecule has 1 aromatic heterocycles. The van der Waals surface area contributed by atoms with Crippen LogP contribution in [0, 0.1) is 18.8 Å². The molecule has 0 fully saturated rings. The van der Waals surface area contributed by atoms with Crippen LogP contribution in [0.4, 0.5) is 0 Å². The largest absolute Gasteiger partial charge is 0.448 e. The number of rotatable bonds is 4. The number of hydrogen-bond acceptors (Lipinski definition) is 4. The van der Waals surface area contributed by atoms with E-state index in [2.05, 4.69) is 17.2 Å². The fourth-order valence-corrected chi connectivity index (χ4v) is 2.73. The summed E-state index contributed by atoms with van der Waals surface area (Å²) in [6.45, 7) is 1.69. The Morgan fingerprint density at radius 1 is 1.25 bits per heavy atom. The Labute approximate surface area is 141 Å². The molecule has 0 saturated carbocycles. The van der Waals surface area contributed by atoms with Crippen LogP contribution in [-0.4, -0.2) is 39.3 Å². The summed E-state index contributed by atoms with van der Waals surface area (Å²) in [7, 11) is -0.925. The third-order valence-corrected chi connectivity index (χ3v) is 4.89. The number of nitrogens with one attached hydrogen (secondary N) is 1. The Balaban J connectivity index is 2.06. The van der Waals surface area contributed by atoms with Crippen molar-refractivity contribution in [1.82, 2.24) is 9.62 Å². The lowest BCUT2D eigenvalue weighted by atomic mass is 10.2. The van der Waals surface area contributed by atoms with Crippen molar-refractivity contribution in [1.29, 1.82) is 0 Å². The number of hydrogen-bond donors (Lipinski definition) is 1. The number of amides is 1. The Hall–Kier alpha value is -2.56. The minimum atomic E-state index is -3.71. The summed E-state index contributed by atoms with van der Waals surface area (Å²) in [4.78, 5) is 12.1. The fraction of sp³-hybridized carbons (Fsp3) is 0.235. The Bertz CT molecular complexity index is 888. The van der Waals surface area contributed by atoms with E-state index in [4.69, 9.17) is 4.42 Å². The molecule has 1 aromatic carbocycles. The van der Waals surface area contributed by atoms with Gasteiger partial charge in [-0.15, -0.1) is 0 Å². The van der Waals surface area contributed by atoms with Crippen molar-refractivity contribution in [3.05, 3.63) is 53.3 Å². The minimum absolute atomic E-state index is 0.147. The number of benzene rings is 1. The molecule has 0 aliphatic heterocycles. The van der Waals surface area contributed by atoms with E-state index in [0.717, 1.165) is 9.87 Å². The van der Waals surface area contributed by atoms with E-state index in [0.29, 0.717) is 0 Å². The molecule has 1 heterocycles. The third-order valence-electron chi connectivity index (χ3n) is 3.22. The van der Waals surface area contributed by atoms with Crippen LogP contribution in [0.25, 0.3) is 0 Å². The minimum Gasteiger partial charge on any atom is -0.448 e. The molecule has 126 valence electrons. The molecule has 24 heavy (non-hydrogen) atoms. The van der Waals surface area contributed by atoms with Gasteiger partial charge >= 0.3 is 0 Å². The molecule has 0 bridgehead atoms. The maximum atomic E-state index is 12.1. The number of furan rings is 1. The Morgan fingerprint density at radius 2 is 1.92 bits per heavy atom. The van der Waals surface area contributed by atoms with E-state index < -0.39 is 15.9 Å². The molecule has 0 aliphatic rings. The van der Waals surface area contributed by atoms with Crippen molar-refractivity contribution < 1.29 is 17.6 Å². The van der Waals surface area contributed by atoms with E-state index >= 15 is 0 Å². The van der Waals surface area contributed by atoms with Gasteiger partial charge < -0.3 is 9.73 Å². The van der Waals surface area contributed by atoms with Crippen molar-refractivity contribution in [2.45, 2.75) is 12.0 Å². The molecule has 0 spiro atoms. The van der Waals surface area contributed by atoms with Crippen molar-refractivity contribution in [2.75, 3.05) is 20.6 Å². The third kappa shape index (κ3) is 4.04. The summed E-state index contributed by atoms with van der Waals surface area (Å²) < 4.78 is 30.3. The van der Waals surface area contributed by atoms with Crippen LogP contribution in [0.5, 0.6) is 0 Å². The topological polar surface area (TPSA) is 79.6 Å². The van der Waals surface area contributed by atoms with Crippen LogP contribution in [0.3, 0.4) is 0 Å². The van der Waals surface area contributed by atoms with Gasteiger partial charge in [-0.3, -0.25) is 4.79 Å². The first-order valence-corrected chi connectivity index (χ1v) is 8.61. The summed E-state index contributed by atoms with van der Waals surface area (Å²) in [5, 5.41) is 2.36. The van der Waals surface area contributed by atoms with Crippen LogP contribution >= 0.6 is 0 Å². The van der Waals surface area contributed by atoms with Gasteiger partial charge in [0.1, 0.15) is 5.76 Å². The first-order valence-electron chi connectivity index (χ1n) is 7.17. The Morgan fingerprint density at radius 3 is 2.54 bits per heavy atom. The highest BCUT2D eigenvalue weighted by molar-refractivity contribution is 7.88. The van der Waals surface area contributed by atoms with Gasteiger partial charge in [-0.2, -0.15) is 0 Å². The molecule has 1 amide bonds. The van der Waals surface area contributed by atoms with Crippen LogP contribution in [0.2, 0.25) is 0 Å². The quantitative estimate of drug-likeness (QED) is 0.853. The van der Waals surface area contributed by atoms with Crippen molar-refractivity contribution in [2.24, 2.45) is 0 Å². The maximum Gasteiger partial charge on any atom is 0.275 e. The predicted octanol–water partition coefficient (Wildman–Crippen LogP) is 1.62.